The fourth-order valence-electron chi connectivity index (χ4n) is 3.65. The van der Waals surface area contributed by atoms with Gasteiger partial charge in [-0.25, -0.2) is 9.59 Å². The maximum Gasteiger partial charge on any atom is 0.411 e. The normalized spacial score (nSPS) is 16.8. The quantitative estimate of drug-likeness (QED) is 0.690. The Kier molecular flexibility index (Phi) is 7.45. The zero-order valence-electron chi connectivity index (χ0n) is 17.7. The number of aliphatic carboxylic acids is 1. The summed E-state index contributed by atoms with van der Waals surface area (Å²) in [5.41, 5.74) is 2.63. The van der Waals surface area contributed by atoms with E-state index in [2.05, 4.69) is 5.32 Å². The number of carboxylic acid groups (broad SMARTS) is 1. The molecule has 1 aliphatic heterocycles. The number of amides is 2. The van der Waals surface area contributed by atoms with Crippen LogP contribution in [0.5, 0.6) is 0 Å². The van der Waals surface area contributed by atoms with Crippen LogP contribution in [0, 0.1) is 17.2 Å². The number of carbonyl (C=O) groups excluding carboxylic acids is 2. The molecule has 1 aliphatic rings. The first kappa shape index (κ1) is 22.8. The molecule has 1 heterocycles. The van der Waals surface area contributed by atoms with Gasteiger partial charge in [0, 0.05) is 12.3 Å². The predicted octanol–water partition coefficient (Wildman–Crippen LogP) is 2.87. The van der Waals surface area contributed by atoms with Gasteiger partial charge in [-0.05, 0) is 30.0 Å². The molecule has 2 N–H and O–H groups in total. The molecule has 0 unspecified atom stereocenters. The maximum absolute atomic E-state index is 13.1. The molecule has 0 spiro atoms. The molecule has 0 bridgehead atoms. The highest BCUT2D eigenvalue weighted by molar-refractivity contribution is 5.90. The van der Waals surface area contributed by atoms with Crippen molar-refractivity contribution in [3.8, 4) is 6.07 Å². The summed E-state index contributed by atoms with van der Waals surface area (Å²) in [4.78, 5) is 38.9. The number of nitrogens with one attached hydrogen (secondary N) is 1. The van der Waals surface area contributed by atoms with Crippen LogP contribution in [-0.2, 0) is 33.9 Å². The Morgan fingerprint density at radius 2 is 1.81 bits per heavy atom. The molecule has 3 atom stereocenters. The third kappa shape index (κ3) is 5.64. The molecule has 0 aliphatic carbocycles. The molecule has 2 amide bonds. The van der Waals surface area contributed by atoms with Gasteiger partial charge in [0.25, 0.3) is 0 Å². The summed E-state index contributed by atoms with van der Waals surface area (Å²) in [6, 6.07) is 16.5. The highest BCUT2D eigenvalue weighted by Crippen LogP contribution is 2.25. The number of carbonyl (C=O) groups is 3. The van der Waals surface area contributed by atoms with Crippen LogP contribution < -0.4 is 5.32 Å². The Morgan fingerprint density at radius 1 is 1.16 bits per heavy atom. The Hall–Kier alpha value is -3.86. The van der Waals surface area contributed by atoms with Crippen molar-refractivity contribution in [1.29, 1.82) is 5.26 Å². The van der Waals surface area contributed by atoms with Gasteiger partial charge in [-0.3, -0.25) is 9.69 Å². The first-order valence-electron chi connectivity index (χ1n) is 10.4. The minimum atomic E-state index is -1.23. The van der Waals surface area contributed by atoms with Crippen molar-refractivity contribution in [2.24, 2.45) is 5.92 Å². The Morgan fingerprint density at radius 3 is 2.47 bits per heavy atom. The molecule has 8 nitrogen and oxygen atoms in total. The second-order valence-electron chi connectivity index (χ2n) is 7.82. The molecule has 3 rings (SSSR count). The Balaban J connectivity index is 1.78. The van der Waals surface area contributed by atoms with Crippen molar-refractivity contribution in [1.82, 2.24) is 10.2 Å². The second kappa shape index (κ2) is 10.4. The molecule has 0 radical (unpaired) electrons. The predicted molar refractivity (Wildman–Crippen MR) is 115 cm³/mol. The molecule has 32 heavy (non-hydrogen) atoms. The lowest BCUT2D eigenvalue weighted by Gasteiger charge is -2.35. The first-order chi connectivity index (χ1) is 15.4. The lowest BCUT2D eigenvalue weighted by Crippen LogP contribution is -2.55. The van der Waals surface area contributed by atoms with Crippen LogP contribution in [0.15, 0.2) is 54.6 Å². The van der Waals surface area contributed by atoms with E-state index in [-0.39, 0.29) is 26.0 Å². The van der Waals surface area contributed by atoms with Gasteiger partial charge in [0.05, 0.1) is 12.6 Å². The summed E-state index contributed by atoms with van der Waals surface area (Å²) in [7, 11) is 0. The zero-order valence-corrected chi connectivity index (χ0v) is 17.7. The first-order valence-corrected chi connectivity index (χ1v) is 10.4. The standard InChI is InChI=1S/C24H25N3O5/c1-16(13-25)11-20(23(29)30)26-22(28)21-12-18-9-5-6-10-19(18)14-27(21)24(31)32-15-17-7-3-2-4-8-17/h2-10,16,20-21H,11-12,14-15H2,1H3,(H,26,28)(H,29,30)/t16-,20-,21+/m1/s1. The van der Waals surface area contributed by atoms with Crippen molar-refractivity contribution in [2.45, 2.75) is 45.0 Å². The van der Waals surface area contributed by atoms with Crippen LogP contribution in [0.4, 0.5) is 4.79 Å². The Labute approximate surface area is 186 Å². The summed E-state index contributed by atoms with van der Waals surface area (Å²) >= 11 is 0. The van der Waals surface area contributed by atoms with Crippen LogP contribution >= 0.6 is 0 Å². The van der Waals surface area contributed by atoms with Crippen LogP contribution in [0.3, 0.4) is 0 Å². The smallest absolute Gasteiger partial charge is 0.411 e. The van der Waals surface area contributed by atoms with Crippen LogP contribution in [-0.4, -0.2) is 40.1 Å². The average molecular weight is 435 g/mol. The lowest BCUT2D eigenvalue weighted by atomic mass is 9.93. The fourth-order valence-corrected chi connectivity index (χ4v) is 3.65. The number of hydrogen-bond donors (Lipinski definition) is 2. The minimum absolute atomic E-state index is 0.0284. The number of carboxylic acids is 1. The van der Waals surface area contributed by atoms with Gasteiger partial charge >= 0.3 is 12.1 Å². The molecule has 0 saturated heterocycles. The molecule has 0 fully saturated rings. The number of nitriles is 1. The lowest BCUT2D eigenvalue weighted by molar-refractivity contribution is -0.143. The van der Waals surface area contributed by atoms with Gasteiger partial charge in [-0.2, -0.15) is 5.26 Å². The van der Waals surface area contributed by atoms with Gasteiger partial charge in [0.2, 0.25) is 5.91 Å². The van der Waals surface area contributed by atoms with Crippen molar-refractivity contribution >= 4 is 18.0 Å². The van der Waals surface area contributed by atoms with Crippen molar-refractivity contribution < 1.29 is 24.2 Å². The van der Waals surface area contributed by atoms with Gasteiger partial charge in [0.1, 0.15) is 18.7 Å². The number of benzene rings is 2. The van der Waals surface area contributed by atoms with Gasteiger partial charge in [-0.15, -0.1) is 0 Å². The van der Waals surface area contributed by atoms with Crippen LogP contribution in [0.2, 0.25) is 0 Å². The molecule has 0 aromatic heterocycles. The third-order valence-corrected chi connectivity index (χ3v) is 5.42. The van der Waals surface area contributed by atoms with E-state index in [4.69, 9.17) is 10.00 Å². The molecular weight excluding hydrogens is 410 g/mol. The second-order valence-corrected chi connectivity index (χ2v) is 7.82. The van der Waals surface area contributed by atoms with E-state index in [1.807, 2.05) is 60.7 Å². The maximum atomic E-state index is 13.1. The number of ether oxygens (including phenoxy) is 1. The van der Waals surface area contributed by atoms with E-state index in [9.17, 15) is 19.5 Å². The fraction of sp³-hybridized carbons (Fsp3) is 0.333. The summed E-state index contributed by atoms with van der Waals surface area (Å²) in [6.45, 7) is 1.82. The minimum Gasteiger partial charge on any atom is -0.480 e. The summed E-state index contributed by atoms with van der Waals surface area (Å²) in [6.07, 6.45) is -0.442. The molecule has 0 saturated carbocycles. The van der Waals surface area contributed by atoms with Gasteiger partial charge in [0.15, 0.2) is 0 Å². The summed E-state index contributed by atoms with van der Waals surface area (Å²) in [5, 5.41) is 21.0. The topological polar surface area (TPSA) is 120 Å². The third-order valence-electron chi connectivity index (χ3n) is 5.42. The van der Waals surface area contributed by atoms with E-state index >= 15 is 0 Å². The number of nitrogens with zero attached hydrogens (tertiary/aromatic N) is 2. The SMILES string of the molecule is C[C@@H](C#N)C[C@@H](NC(=O)[C@@H]1Cc2ccccc2CN1C(=O)OCc1ccccc1)C(=O)O. The van der Waals surface area contributed by atoms with E-state index in [0.29, 0.717) is 0 Å². The molecule has 8 heteroatoms. The van der Waals surface area contributed by atoms with E-state index in [1.165, 1.54) is 4.90 Å². The zero-order chi connectivity index (χ0) is 23.1. The molecule has 2 aromatic carbocycles. The number of hydrogen-bond acceptors (Lipinski definition) is 5. The average Bonchev–Trinajstić information content (AvgIpc) is 2.81. The highest BCUT2D eigenvalue weighted by atomic mass is 16.6. The largest absolute Gasteiger partial charge is 0.480 e. The van der Waals surface area contributed by atoms with E-state index < -0.39 is 36.0 Å². The van der Waals surface area contributed by atoms with Crippen molar-refractivity contribution in [3.05, 3.63) is 71.3 Å². The molecule has 166 valence electrons. The number of fused-ring (bicyclic) bond motifs is 1. The Bertz CT molecular complexity index is 1020. The van der Waals surface area contributed by atoms with Crippen LogP contribution in [0.25, 0.3) is 0 Å². The highest BCUT2D eigenvalue weighted by Gasteiger charge is 2.37. The summed E-state index contributed by atoms with van der Waals surface area (Å²) < 4.78 is 5.45. The number of rotatable bonds is 7. The van der Waals surface area contributed by atoms with E-state index in [0.717, 1.165) is 16.7 Å². The summed E-state index contributed by atoms with van der Waals surface area (Å²) in [5.74, 6) is -2.36. The van der Waals surface area contributed by atoms with E-state index in [1.54, 1.807) is 6.92 Å². The van der Waals surface area contributed by atoms with Gasteiger partial charge in [-0.1, -0.05) is 54.6 Å². The monoisotopic (exact) mass is 435 g/mol. The molecular formula is C24H25N3O5. The van der Waals surface area contributed by atoms with Crippen LogP contribution in [0.1, 0.15) is 30.0 Å². The van der Waals surface area contributed by atoms with Crippen molar-refractivity contribution in [2.75, 3.05) is 0 Å². The van der Waals surface area contributed by atoms with Crippen molar-refractivity contribution in [3.63, 3.8) is 0 Å². The molecule has 2 aromatic rings. The van der Waals surface area contributed by atoms with Gasteiger partial charge < -0.3 is 15.2 Å².